The molecule has 268 valence electrons. The number of phenolic OH excluding ortho intramolecular Hbond substituents is 1. The molecule has 1 aromatic carbocycles. The van der Waals surface area contributed by atoms with Crippen molar-refractivity contribution >= 4 is 10.4 Å². The zero-order valence-electron chi connectivity index (χ0n) is 31.7. The van der Waals surface area contributed by atoms with Crippen molar-refractivity contribution in [3.63, 3.8) is 0 Å². The van der Waals surface area contributed by atoms with Gasteiger partial charge in [-0.2, -0.15) is 0 Å². The predicted octanol–water partition coefficient (Wildman–Crippen LogP) is 5.81. The average molecular weight is 703 g/mol. The van der Waals surface area contributed by atoms with Crippen LogP contribution in [0.15, 0.2) is 24.3 Å². The summed E-state index contributed by atoms with van der Waals surface area (Å²) < 4.78 is 39.9. The van der Waals surface area contributed by atoms with E-state index in [2.05, 4.69) is 20.8 Å². The van der Waals surface area contributed by atoms with E-state index in [1.54, 1.807) is 6.07 Å². The first-order valence-electron chi connectivity index (χ1n) is 18.8. The molecule has 0 aliphatic rings. The fraction of sp³-hybridized carbons (Fsp3) is 0.842. The summed E-state index contributed by atoms with van der Waals surface area (Å²) in [6.07, 6.45) is 37.0. The third kappa shape index (κ3) is 53.8. The topological polar surface area (TPSA) is 110 Å². The SMILES string of the molecule is CCCCCCCCCCCCOCCCCCCCCCCCC.CCCCCCCCc1ccccc1O.O=S(=O)([O-])[O-].[Na+].[Na+]. The van der Waals surface area contributed by atoms with Crippen molar-refractivity contribution in [1.29, 1.82) is 0 Å². The van der Waals surface area contributed by atoms with Gasteiger partial charge in [-0.1, -0.05) is 187 Å². The zero-order valence-corrected chi connectivity index (χ0v) is 36.5. The van der Waals surface area contributed by atoms with Crippen LogP contribution in [0.3, 0.4) is 0 Å². The smallest absolute Gasteiger partial charge is 0.759 e. The fourth-order valence-corrected chi connectivity index (χ4v) is 5.30. The largest absolute Gasteiger partial charge is 1.00 e. The Balaban J connectivity index is -0.000000356. The van der Waals surface area contributed by atoms with Gasteiger partial charge in [-0.3, -0.25) is 8.42 Å². The molecule has 0 saturated carbocycles. The van der Waals surface area contributed by atoms with E-state index in [1.165, 1.54) is 167 Å². The molecule has 0 saturated heterocycles. The molecular formula is C38H72Na2O6S. The van der Waals surface area contributed by atoms with Crippen LogP contribution in [-0.2, 0) is 21.6 Å². The van der Waals surface area contributed by atoms with Crippen molar-refractivity contribution < 1.29 is 86.5 Å². The number of para-hydroxylation sites is 1. The van der Waals surface area contributed by atoms with E-state index >= 15 is 0 Å². The minimum Gasteiger partial charge on any atom is -0.759 e. The molecule has 1 aromatic rings. The Morgan fingerprint density at radius 2 is 0.787 bits per heavy atom. The van der Waals surface area contributed by atoms with Crippen LogP contribution in [0, 0.1) is 0 Å². The summed E-state index contributed by atoms with van der Waals surface area (Å²) in [5, 5.41) is 9.55. The molecule has 1 rings (SSSR count). The summed E-state index contributed by atoms with van der Waals surface area (Å²) in [5.74, 6) is 0.450. The molecule has 0 unspecified atom stereocenters. The normalized spacial score (nSPS) is 10.6. The number of rotatable bonds is 29. The van der Waals surface area contributed by atoms with E-state index in [4.69, 9.17) is 22.3 Å². The molecule has 0 heterocycles. The number of ether oxygens (including phenoxy) is 1. The van der Waals surface area contributed by atoms with Crippen LogP contribution in [0.5, 0.6) is 5.75 Å². The first-order valence-corrected chi connectivity index (χ1v) is 20.1. The van der Waals surface area contributed by atoms with Crippen molar-refractivity contribution in [1.82, 2.24) is 0 Å². The molecule has 0 bridgehead atoms. The van der Waals surface area contributed by atoms with Crippen molar-refractivity contribution in [2.24, 2.45) is 0 Å². The molecule has 0 radical (unpaired) electrons. The number of hydrogen-bond acceptors (Lipinski definition) is 6. The van der Waals surface area contributed by atoms with Crippen LogP contribution in [0.4, 0.5) is 0 Å². The summed E-state index contributed by atoms with van der Waals surface area (Å²) in [7, 11) is -5.17. The first kappa shape index (κ1) is 54.6. The van der Waals surface area contributed by atoms with Crippen LogP contribution < -0.4 is 59.1 Å². The Hall–Kier alpha value is 0.850. The summed E-state index contributed by atoms with van der Waals surface area (Å²) >= 11 is 0. The van der Waals surface area contributed by atoms with Gasteiger partial charge in [-0.15, -0.1) is 0 Å². The molecule has 0 amide bonds. The van der Waals surface area contributed by atoms with Gasteiger partial charge < -0.3 is 18.9 Å². The van der Waals surface area contributed by atoms with Gasteiger partial charge in [0.25, 0.3) is 0 Å². The van der Waals surface area contributed by atoms with E-state index in [1.807, 2.05) is 18.2 Å². The maximum Gasteiger partial charge on any atom is 1.00 e. The van der Waals surface area contributed by atoms with Gasteiger partial charge in [-0.25, -0.2) is 0 Å². The summed E-state index contributed by atoms with van der Waals surface area (Å²) in [4.78, 5) is 0. The van der Waals surface area contributed by atoms with Gasteiger partial charge >= 0.3 is 59.1 Å². The predicted molar refractivity (Wildman–Crippen MR) is 190 cm³/mol. The third-order valence-corrected chi connectivity index (χ3v) is 8.08. The summed E-state index contributed by atoms with van der Waals surface area (Å²) in [6.45, 7) is 8.81. The van der Waals surface area contributed by atoms with Crippen LogP contribution in [0.25, 0.3) is 0 Å². The number of benzene rings is 1. The van der Waals surface area contributed by atoms with Gasteiger partial charge in [-0.05, 0) is 37.3 Å². The van der Waals surface area contributed by atoms with E-state index in [9.17, 15) is 5.11 Å². The van der Waals surface area contributed by atoms with Gasteiger partial charge in [0.05, 0.1) is 0 Å². The molecule has 0 aliphatic heterocycles. The molecule has 0 aliphatic carbocycles. The van der Waals surface area contributed by atoms with E-state index in [0.717, 1.165) is 25.2 Å². The second kappa shape index (κ2) is 44.9. The average Bonchev–Trinajstić information content (AvgIpc) is 3.00. The molecule has 6 nitrogen and oxygen atoms in total. The number of unbranched alkanes of at least 4 members (excludes halogenated alkanes) is 23. The monoisotopic (exact) mass is 702 g/mol. The standard InChI is InChI=1S/C24H50O.C14H22O.2Na.H2O4S/c1-3-5-7-9-11-13-15-17-19-21-23-25-24-22-20-18-16-14-12-10-8-6-4-2;1-2-3-4-5-6-7-10-13-11-8-9-12-14(13)15;;;1-5(2,3)4/h3-24H2,1-2H3;8-9,11-12,15H,2-7,10H2,1H3;;;(H2,1,2,3,4)/q;;2*+1;/p-2. The maximum atomic E-state index is 9.55. The van der Waals surface area contributed by atoms with Crippen LogP contribution >= 0.6 is 0 Å². The summed E-state index contributed by atoms with van der Waals surface area (Å²) in [6, 6.07) is 7.65. The van der Waals surface area contributed by atoms with Crippen LogP contribution in [0.1, 0.15) is 193 Å². The molecule has 0 atom stereocenters. The number of hydrogen-bond donors (Lipinski definition) is 1. The zero-order chi connectivity index (χ0) is 33.7. The maximum absolute atomic E-state index is 9.55. The Bertz CT molecular complexity index is 781. The Kier molecular flexibility index (Phi) is 52.1. The Labute approximate surface area is 336 Å². The minimum absolute atomic E-state index is 0. The quantitative estimate of drug-likeness (QED) is 0.0489. The van der Waals surface area contributed by atoms with Gasteiger partial charge in [0.2, 0.25) is 0 Å². The molecule has 0 aromatic heterocycles. The van der Waals surface area contributed by atoms with Crippen molar-refractivity contribution in [2.45, 2.75) is 194 Å². The molecule has 1 N–H and O–H groups in total. The van der Waals surface area contributed by atoms with Gasteiger partial charge in [0.1, 0.15) is 5.75 Å². The molecular weight excluding hydrogens is 630 g/mol. The van der Waals surface area contributed by atoms with Crippen molar-refractivity contribution in [2.75, 3.05) is 13.2 Å². The fourth-order valence-electron chi connectivity index (χ4n) is 5.30. The number of phenols is 1. The molecule has 0 fully saturated rings. The van der Waals surface area contributed by atoms with Gasteiger partial charge in [0, 0.05) is 23.6 Å². The second-order valence-corrected chi connectivity index (χ2v) is 13.3. The van der Waals surface area contributed by atoms with E-state index < -0.39 is 10.4 Å². The molecule has 47 heavy (non-hydrogen) atoms. The Morgan fingerprint density at radius 3 is 1.11 bits per heavy atom. The summed E-state index contributed by atoms with van der Waals surface area (Å²) in [5.41, 5.74) is 1.09. The second-order valence-electron chi connectivity index (χ2n) is 12.5. The third-order valence-electron chi connectivity index (χ3n) is 8.08. The molecule has 9 heteroatoms. The number of aromatic hydroxyl groups is 1. The molecule has 0 spiro atoms. The van der Waals surface area contributed by atoms with Crippen LogP contribution in [0.2, 0.25) is 0 Å². The van der Waals surface area contributed by atoms with Gasteiger partial charge in [0.15, 0.2) is 0 Å². The van der Waals surface area contributed by atoms with Crippen LogP contribution in [-0.4, -0.2) is 35.8 Å². The number of aryl methyl sites for hydroxylation is 1. The van der Waals surface area contributed by atoms with E-state index in [-0.39, 0.29) is 59.1 Å². The minimum atomic E-state index is -5.17. The van der Waals surface area contributed by atoms with E-state index in [0.29, 0.717) is 5.75 Å². The first-order chi connectivity index (χ1) is 21.8. The van der Waals surface area contributed by atoms with Crippen molar-refractivity contribution in [3.05, 3.63) is 29.8 Å². The Morgan fingerprint density at radius 1 is 0.511 bits per heavy atom. The van der Waals surface area contributed by atoms with Crippen molar-refractivity contribution in [3.8, 4) is 5.75 Å².